The van der Waals surface area contributed by atoms with E-state index in [1.54, 1.807) is 65.8 Å². The van der Waals surface area contributed by atoms with Gasteiger partial charge in [-0.1, -0.05) is 17.0 Å². The van der Waals surface area contributed by atoms with Crippen LogP contribution in [0.5, 0.6) is 0 Å². The normalized spacial score (nSPS) is 12.8. The van der Waals surface area contributed by atoms with Gasteiger partial charge in [-0.2, -0.15) is 0 Å². The van der Waals surface area contributed by atoms with Crippen LogP contribution in [0.2, 0.25) is 0 Å². The summed E-state index contributed by atoms with van der Waals surface area (Å²) < 4.78 is 11.7. The smallest absolute Gasteiger partial charge is 0.419 e. The third-order valence-electron chi connectivity index (χ3n) is 4.13. The van der Waals surface area contributed by atoms with Gasteiger partial charge in [-0.05, 0) is 58.9 Å². The monoisotopic (exact) mass is 472 g/mol. The molecule has 34 heavy (non-hydrogen) atoms. The Labute approximate surface area is 196 Å². The lowest BCUT2D eigenvalue weighted by Gasteiger charge is -2.22. The number of imidazole rings is 1. The minimum absolute atomic E-state index is 0.0828. The average molecular weight is 473 g/mol. The Balaban J connectivity index is 1.79. The molecule has 1 amide bonds. The zero-order valence-corrected chi connectivity index (χ0v) is 19.9. The van der Waals surface area contributed by atoms with E-state index in [1.807, 2.05) is 0 Å². The molecule has 0 unspecified atom stereocenters. The standard InChI is InChI=1S/C22H28N6O6/c1-21(2,3)32-19(30)24-16(11-14-12-27(13-23-14)20(31)33-22(4,5)6)18(29)34-28-17-10-8-7-9-15(17)25-26-28/h7-10,12-13,16H,11H2,1-6H3,(H,24,30)/t16-/m0/s1. The quantitative estimate of drug-likeness (QED) is 0.555. The Morgan fingerprint density at radius 1 is 1.03 bits per heavy atom. The number of nitrogens with one attached hydrogen (secondary N) is 1. The van der Waals surface area contributed by atoms with Gasteiger partial charge in [-0.25, -0.2) is 23.9 Å². The third kappa shape index (κ3) is 6.77. The van der Waals surface area contributed by atoms with Crippen molar-refractivity contribution < 1.29 is 28.7 Å². The van der Waals surface area contributed by atoms with Gasteiger partial charge < -0.3 is 19.6 Å². The van der Waals surface area contributed by atoms with Crippen molar-refractivity contribution in [3.8, 4) is 0 Å². The molecule has 0 fully saturated rings. The summed E-state index contributed by atoms with van der Waals surface area (Å²) in [5.41, 5.74) is -0.123. The molecule has 0 saturated carbocycles. The molecule has 0 saturated heterocycles. The summed E-state index contributed by atoms with van der Waals surface area (Å²) in [7, 11) is 0. The number of ether oxygens (including phenoxy) is 2. The number of aromatic nitrogens is 5. The molecule has 3 rings (SSSR count). The van der Waals surface area contributed by atoms with Crippen LogP contribution < -0.4 is 10.2 Å². The number of benzene rings is 1. The summed E-state index contributed by atoms with van der Waals surface area (Å²) in [5, 5.41) is 10.3. The summed E-state index contributed by atoms with van der Waals surface area (Å²) in [6.07, 6.45) is 1.16. The second-order valence-electron chi connectivity index (χ2n) is 9.52. The first-order valence-corrected chi connectivity index (χ1v) is 10.6. The van der Waals surface area contributed by atoms with Crippen molar-refractivity contribution >= 4 is 29.2 Å². The van der Waals surface area contributed by atoms with E-state index < -0.39 is 35.4 Å². The van der Waals surface area contributed by atoms with Gasteiger partial charge in [0, 0.05) is 12.6 Å². The predicted molar refractivity (Wildman–Crippen MR) is 120 cm³/mol. The molecule has 0 aliphatic carbocycles. The largest absolute Gasteiger partial charge is 0.444 e. The summed E-state index contributed by atoms with van der Waals surface area (Å²) >= 11 is 0. The van der Waals surface area contributed by atoms with Crippen molar-refractivity contribution in [2.45, 2.75) is 65.2 Å². The number of amides is 1. The van der Waals surface area contributed by atoms with Gasteiger partial charge in [-0.3, -0.25) is 0 Å². The van der Waals surface area contributed by atoms with Crippen molar-refractivity contribution in [1.82, 2.24) is 30.0 Å². The molecule has 3 aromatic rings. The van der Waals surface area contributed by atoms with Gasteiger partial charge in [0.1, 0.15) is 34.6 Å². The molecule has 0 radical (unpaired) electrons. The number of hydrogen-bond acceptors (Lipinski definition) is 9. The van der Waals surface area contributed by atoms with Crippen LogP contribution in [0.25, 0.3) is 11.0 Å². The van der Waals surface area contributed by atoms with E-state index in [-0.39, 0.29) is 6.42 Å². The minimum atomic E-state index is -1.19. The van der Waals surface area contributed by atoms with Gasteiger partial charge in [-0.15, -0.1) is 5.10 Å². The van der Waals surface area contributed by atoms with Crippen molar-refractivity contribution in [2.75, 3.05) is 0 Å². The Bertz CT molecular complexity index is 1190. The Kier molecular flexibility index (Phi) is 6.89. The predicted octanol–water partition coefficient (Wildman–Crippen LogP) is 2.50. The van der Waals surface area contributed by atoms with E-state index in [1.165, 1.54) is 12.5 Å². The number of carbonyl (C=O) groups excluding carboxylic acids is 3. The Morgan fingerprint density at radius 2 is 1.71 bits per heavy atom. The molecule has 0 bridgehead atoms. The molecule has 12 heteroatoms. The van der Waals surface area contributed by atoms with Crippen LogP contribution in [-0.2, 0) is 20.7 Å². The fourth-order valence-corrected chi connectivity index (χ4v) is 2.80. The van der Waals surface area contributed by atoms with Gasteiger partial charge in [0.25, 0.3) is 0 Å². The lowest BCUT2D eigenvalue weighted by molar-refractivity contribution is -0.148. The fourth-order valence-electron chi connectivity index (χ4n) is 2.80. The topological polar surface area (TPSA) is 139 Å². The summed E-state index contributed by atoms with van der Waals surface area (Å²) in [6.45, 7) is 10.3. The maximum atomic E-state index is 13.0. The van der Waals surface area contributed by atoms with Gasteiger partial charge in [0.05, 0.1) is 5.69 Å². The second-order valence-corrected chi connectivity index (χ2v) is 9.52. The number of nitrogens with zero attached hydrogens (tertiary/aromatic N) is 5. The van der Waals surface area contributed by atoms with Gasteiger partial charge in [0.2, 0.25) is 0 Å². The maximum Gasteiger partial charge on any atom is 0.419 e. The molecule has 1 N–H and O–H groups in total. The molecule has 0 aliphatic rings. The molecule has 12 nitrogen and oxygen atoms in total. The van der Waals surface area contributed by atoms with E-state index in [4.69, 9.17) is 14.3 Å². The average Bonchev–Trinajstić information content (AvgIpc) is 3.32. The van der Waals surface area contributed by atoms with Gasteiger partial charge >= 0.3 is 18.2 Å². The molecule has 0 aliphatic heterocycles. The van der Waals surface area contributed by atoms with Crippen LogP contribution in [0.1, 0.15) is 47.2 Å². The molecular formula is C22H28N6O6. The van der Waals surface area contributed by atoms with Crippen molar-refractivity contribution in [2.24, 2.45) is 0 Å². The highest BCUT2D eigenvalue weighted by Gasteiger charge is 2.29. The first-order valence-electron chi connectivity index (χ1n) is 10.6. The van der Waals surface area contributed by atoms with Crippen LogP contribution in [0.3, 0.4) is 0 Å². The lowest BCUT2D eigenvalue weighted by Crippen LogP contribution is -2.48. The molecule has 2 aromatic heterocycles. The van der Waals surface area contributed by atoms with Gasteiger partial charge in [0.15, 0.2) is 0 Å². The van der Waals surface area contributed by atoms with E-state index in [9.17, 15) is 14.4 Å². The summed E-state index contributed by atoms with van der Waals surface area (Å²) in [5.74, 6) is -0.826. The number of para-hydroxylation sites is 1. The summed E-state index contributed by atoms with van der Waals surface area (Å²) in [6, 6.07) is 5.72. The van der Waals surface area contributed by atoms with Crippen molar-refractivity contribution in [3.05, 3.63) is 42.5 Å². The highest BCUT2D eigenvalue weighted by molar-refractivity contribution is 5.83. The number of hydrogen-bond donors (Lipinski definition) is 1. The molecule has 2 heterocycles. The highest BCUT2D eigenvalue weighted by atomic mass is 16.7. The van der Waals surface area contributed by atoms with E-state index in [2.05, 4.69) is 20.6 Å². The molecular weight excluding hydrogens is 444 g/mol. The number of alkyl carbamates (subject to hydrolysis) is 1. The van der Waals surface area contributed by atoms with Crippen LogP contribution in [0.15, 0.2) is 36.8 Å². The minimum Gasteiger partial charge on any atom is -0.444 e. The third-order valence-corrected chi connectivity index (χ3v) is 4.13. The Morgan fingerprint density at radius 3 is 2.38 bits per heavy atom. The second kappa shape index (κ2) is 9.49. The molecule has 182 valence electrons. The van der Waals surface area contributed by atoms with E-state index in [0.717, 1.165) is 9.41 Å². The van der Waals surface area contributed by atoms with Crippen LogP contribution in [0.4, 0.5) is 9.59 Å². The lowest BCUT2D eigenvalue weighted by atomic mass is 10.1. The van der Waals surface area contributed by atoms with Crippen LogP contribution in [-0.4, -0.2) is 60.1 Å². The zero-order chi connectivity index (χ0) is 25.1. The Hall–Kier alpha value is -3.96. The van der Waals surface area contributed by atoms with Crippen LogP contribution >= 0.6 is 0 Å². The first-order chi connectivity index (χ1) is 15.8. The fraction of sp³-hybridized carbons (Fsp3) is 0.455. The van der Waals surface area contributed by atoms with E-state index >= 15 is 0 Å². The van der Waals surface area contributed by atoms with Crippen molar-refractivity contribution in [3.63, 3.8) is 0 Å². The summed E-state index contributed by atoms with van der Waals surface area (Å²) in [4.78, 5) is 48.1. The molecule has 1 atom stereocenters. The first kappa shape index (κ1) is 24.7. The molecule has 1 aromatic carbocycles. The SMILES string of the molecule is CC(C)(C)OC(=O)N[C@@H](Cc1cn(C(=O)OC(C)(C)C)cn1)C(=O)On1nnc2ccccc21. The number of rotatable bonds is 5. The molecule has 0 spiro atoms. The van der Waals surface area contributed by atoms with Crippen LogP contribution in [0, 0.1) is 0 Å². The van der Waals surface area contributed by atoms with E-state index in [0.29, 0.717) is 16.7 Å². The maximum absolute atomic E-state index is 13.0. The highest BCUT2D eigenvalue weighted by Crippen LogP contribution is 2.12. The number of carbonyl (C=O) groups is 3. The number of fused-ring (bicyclic) bond motifs is 1. The van der Waals surface area contributed by atoms with Crippen molar-refractivity contribution in [1.29, 1.82) is 0 Å². The zero-order valence-electron chi connectivity index (χ0n) is 19.9.